The fourth-order valence-electron chi connectivity index (χ4n) is 4.55. The number of carbonyl (C=O) groups excluding carboxylic acids is 2. The molecule has 13 heteroatoms. The lowest BCUT2D eigenvalue weighted by atomic mass is 9.95. The molecule has 0 bridgehead atoms. The van der Waals surface area contributed by atoms with Gasteiger partial charge in [0.2, 0.25) is 11.7 Å². The minimum absolute atomic E-state index is 0.0251. The summed E-state index contributed by atoms with van der Waals surface area (Å²) in [4.78, 5) is 43.0. The third-order valence-corrected chi connectivity index (χ3v) is 8.59. The monoisotopic (exact) mass is 648 g/mol. The van der Waals surface area contributed by atoms with Gasteiger partial charge in [0.1, 0.15) is 11.6 Å². The average Bonchev–Trinajstić information content (AvgIpc) is 2.94. The van der Waals surface area contributed by atoms with Crippen LogP contribution in [0.15, 0.2) is 64.5 Å². The summed E-state index contributed by atoms with van der Waals surface area (Å²) >= 11 is 12.9. The molecule has 0 aliphatic carbocycles. The van der Waals surface area contributed by atoms with Gasteiger partial charge in [0.15, 0.2) is 15.9 Å². The van der Waals surface area contributed by atoms with E-state index in [1.807, 2.05) is 0 Å². The van der Waals surface area contributed by atoms with Crippen molar-refractivity contribution in [2.75, 3.05) is 12.8 Å². The lowest BCUT2D eigenvalue weighted by molar-refractivity contribution is -0.138. The number of sulfone groups is 1. The van der Waals surface area contributed by atoms with E-state index in [1.54, 1.807) is 6.07 Å². The van der Waals surface area contributed by atoms with Gasteiger partial charge in [-0.3, -0.25) is 14.6 Å². The van der Waals surface area contributed by atoms with E-state index in [9.17, 15) is 36.7 Å². The highest BCUT2D eigenvalue weighted by Crippen LogP contribution is 2.35. The molecule has 0 fully saturated rings. The Labute approximate surface area is 256 Å². The Bertz CT molecular complexity index is 1770. The molecule has 8 nitrogen and oxygen atoms in total. The molecule has 0 saturated heterocycles. The number of carboxylic acids is 1. The van der Waals surface area contributed by atoms with E-state index in [-0.39, 0.29) is 52.0 Å². The smallest absolute Gasteiger partial charge is 0.328 e. The zero-order valence-corrected chi connectivity index (χ0v) is 24.9. The minimum atomic E-state index is -3.51. The summed E-state index contributed by atoms with van der Waals surface area (Å²) in [5.41, 5.74) is 1.13. The lowest BCUT2D eigenvalue weighted by Crippen LogP contribution is -2.35. The summed E-state index contributed by atoms with van der Waals surface area (Å²) in [7, 11) is -3.51. The van der Waals surface area contributed by atoms with Crippen LogP contribution < -0.4 is 0 Å². The van der Waals surface area contributed by atoms with E-state index in [1.165, 1.54) is 35.2 Å². The van der Waals surface area contributed by atoms with Gasteiger partial charge in [0.05, 0.1) is 26.7 Å². The average molecular weight is 649 g/mol. The number of fused-ring (bicyclic) bond motifs is 1. The van der Waals surface area contributed by atoms with E-state index in [0.29, 0.717) is 16.7 Å². The second-order valence-corrected chi connectivity index (χ2v) is 12.6. The third kappa shape index (κ3) is 7.54. The molecule has 0 spiro atoms. The SMILES string of the molecule is CS(=O)(=O)c1cccc(C[C@H](/N=C/C(=O)c2c(Cl)cc3c(c2Cl)CCN(C(=O)/C=C/c2c(F)cccc2F)C3)C(=O)O)c1. The predicted octanol–water partition coefficient (Wildman–Crippen LogP) is 5.22. The van der Waals surface area contributed by atoms with Crippen molar-refractivity contribution in [1.82, 2.24) is 4.90 Å². The standard InChI is InChI=1S/C30H24Cl2F2N2O6S/c1-43(41,42)19-5-2-4-17(12-19)13-25(30(39)40)35-15-26(37)28-22(31)14-18-16-36(11-10-20(18)29(28)32)27(38)9-8-21-23(33)6-3-7-24(21)34/h2-9,12,14-15,25H,10-11,13,16H2,1H3,(H,39,40)/b9-8+,35-15+/t25-/m0/s1. The largest absolute Gasteiger partial charge is 0.480 e. The van der Waals surface area contributed by atoms with E-state index in [2.05, 4.69) is 4.99 Å². The molecule has 1 aliphatic rings. The van der Waals surface area contributed by atoms with Crippen LogP contribution in [0.5, 0.6) is 0 Å². The molecule has 0 unspecified atom stereocenters. The van der Waals surface area contributed by atoms with Gasteiger partial charge in [-0.1, -0.05) is 41.4 Å². The van der Waals surface area contributed by atoms with Crippen molar-refractivity contribution < 1.29 is 36.7 Å². The molecule has 224 valence electrons. The number of ketones is 1. The Hall–Kier alpha value is -3.93. The van der Waals surface area contributed by atoms with Crippen molar-refractivity contribution >= 4 is 63.0 Å². The molecule has 1 amide bonds. The first-order chi connectivity index (χ1) is 20.3. The second kappa shape index (κ2) is 13.2. The van der Waals surface area contributed by atoms with Crippen LogP contribution in [-0.4, -0.2) is 61.1 Å². The molecule has 4 rings (SSSR count). The van der Waals surface area contributed by atoms with Crippen LogP contribution in [0.4, 0.5) is 8.78 Å². The summed E-state index contributed by atoms with van der Waals surface area (Å²) in [6, 6.07) is 9.26. The summed E-state index contributed by atoms with van der Waals surface area (Å²) in [5.74, 6) is -4.16. The quantitative estimate of drug-likeness (QED) is 0.193. The van der Waals surface area contributed by atoms with Crippen LogP contribution in [0.3, 0.4) is 0 Å². The normalized spacial score (nSPS) is 14.2. The van der Waals surface area contributed by atoms with E-state index < -0.39 is 45.2 Å². The first-order valence-electron chi connectivity index (χ1n) is 12.8. The van der Waals surface area contributed by atoms with Gasteiger partial charge in [-0.05, 0) is 59.5 Å². The molecule has 0 radical (unpaired) electrons. The Morgan fingerprint density at radius 3 is 2.42 bits per heavy atom. The Balaban J connectivity index is 1.51. The van der Waals surface area contributed by atoms with E-state index in [0.717, 1.165) is 36.8 Å². The fraction of sp³-hybridized carbons (Fsp3) is 0.200. The van der Waals surface area contributed by atoms with Gasteiger partial charge in [-0.2, -0.15) is 0 Å². The van der Waals surface area contributed by atoms with Crippen molar-refractivity contribution in [3.8, 4) is 0 Å². The first-order valence-corrected chi connectivity index (χ1v) is 15.4. The van der Waals surface area contributed by atoms with Crippen molar-refractivity contribution in [1.29, 1.82) is 0 Å². The van der Waals surface area contributed by atoms with Gasteiger partial charge in [0.25, 0.3) is 0 Å². The molecular weight excluding hydrogens is 625 g/mol. The van der Waals surface area contributed by atoms with Crippen molar-refractivity contribution in [2.24, 2.45) is 4.99 Å². The van der Waals surface area contributed by atoms with Crippen LogP contribution in [-0.2, 0) is 38.8 Å². The topological polar surface area (TPSA) is 121 Å². The molecule has 1 N–H and O–H groups in total. The number of hydrogen-bond donors (Lipinski definition) is 1. The Morgan fingerprint density at radius 2 is 1.77 bits per heavy atom. The summed E-state index contributed by atoms with van der Waals surface area (Å²) in [6.07, 6.45) is 4.08. The number of aliphatic imine (C=N–C) groups is 1. The lowest BCUT2D eigenvalue weighted by Gasteiger charge is -2.29. The molecular formula is C30H24Cl2F2N2O6S. The van der Waals surface area contributed by atoms with E-state index in [4.69, 9.17) is 23.2 Å². The Morgan fingerprint density at radius 1 is 1.09 bits per heavy atom. The van der Waals surface area contributed by atoms with Crippen molar-refractivity contribution in [3.05, 3.63) is 104 Å². The highest BCUT2D eigenvalue weighted by atomic mass is 35.5. The van der Waals surface area contributed by atoms with Crippen LogP contribution in [0.1, 0.15) is 32.6 Å². The van der Waals surface area contributed by atoms with Crippen LogP contribution in [0.2, 0.25) is 10.0 Å². The number of Topliss-reactive ketones (excluding diaryl/α,β-unsaturated/α-hetero) is 1. The maximum Gasteiger partial charge on any atom is 0.328 e. The second-order valence-electron chi connectivity index (χ2n) is 9.78. The van der Waals surface area contributed by atoms with Gasteiger partial charge >= 0.3 is 5.97 Å². The minimum Gasteiger partial charge on any atom is -0.480 e. The third-order valence-electron chi connectivity index (χ3n) is 6.77. The number of hydrogen-bond acceptors (Lipinski definition) is 6. The molecule has 3 aromatic rings. The molecule has 1 heterocycles. The first kappa shape index (κ1) is 32.0. The molecule has 0 aromatic heterocycles. The highest BCUT2D eigenvalue weighted by Gasteiger charge is 2.27. The zero-order valence-electron chi connectivity index (χ0n) is 22.6. The van der Waals surface area contributed by atoms with Crippen LogP contribution in [0.25, 0.3) is 6.08 Å². The van der Waals surface area contributed by atoms with Gasteiger partial charge < -0.3 is 10.0 Å². The summed E-state index contributed by atoms with van der Waals surface area (Å²) < 4.78 is 51.5. The molecule has 1 aliphatic heterocycles. The van der Waals surface area contributed by atoms with Crippen LogP contribution >= 0.6 is 23.2 Å². The summed E-state index contributed by atoms with van der Waals surface area (Å²) in [6.45, 7) is 0.278. The van der Waals surface area contributed by atoms with E-state index >= 15 is 0 Å². The molecule has 1 atom stereocenters. The number of aliphatic carboxylic acids is 1. The number of halogens is 4. The van der Waals surface area contributed by atoms with Gasteiger partial charge in [-0.15, -0.1) is 0 Å². The number of rotatable bonds is 9. The number of carboxylic acid groups (broad SMARTS) is 1. The highest BCUT2D eigenvalue weighted by molar-refractivity contribution is 7.90. The van der Waals surface area contributed by atoms with Crippen LogP contribution in [0, 0.1) is 11.6 Å². The molecule has 43 heavy (non-hydrogen) atoms. The van der Waals surface area contributed by atoms with Crippen molar-refractivity contribution in [2.45, 2.75) is 30.3 Å². The number of benzene rings is 3. The number of carbonyl (C=O) groups is 3. The number of nitrogens with zero attached hydrogens (tertiary/aromatic N) is 2. The Kier molecular flexibility index (Phi) is 9.79. The maximum absolute atomic E-state index is 13.9. The van der Waals surface area contributed by atoms with Gasteiger partial charge in [0, 0.05) is 37.4 Å². The summed E-state index contributed by atoms with van der Waals surface area (Å²) in [5, 5.41) is 9.65. The maximum atomic E-state index is 13.9. The fourth-order valence-corrected chi connectivity index (χ4v) is 6.02. The zero-order chi connectivity index (χ0) is 31.5. The van der Waals surface area contributed by atoms with Crippen molar-refractivity contribution in [3.63, 3.8) is 0 Å². The number of amides is 1. The molecule has 0 saturated carbocycles. The predicted molar refractivity (Wildman–Crippen MR) is 158 cm³/mol. The molecule has 3 aromatic carbocycles. The van der Waals surface area contributed by atoms with Gasteiger partial charge in [-0.25, -0.2) is 22.0 Å².